The molecule has 0 radical (unpaired) electrons. The van der Waals surface area contributed by atoms with E-state index in [1.807, 2.05) is 42.5 Å². The minimum atomic E-state index is -0.495. The number of benzene rings is 3. The average Bonchev–Trinajstić information content (AvgIpc) is 3.26. The SMILES string of the molecule is N#CC(c1ccccc1)c1ccc(NC(=O)COc2ccc(N3CCCC3=O)cc2)cc1Cl. The van der Waals surface area contributed by atoms with Crippen LogP contribution in [0.5, 0.6) is 5.75 Å². The normalized spacial score (nSPS) is 13.9. The molecule has 33 heavy (non-hydrogen) atoms. The molecule has 1 atom stereocenters. The van der Waals surface area contributed by atoms with Crippen molar-refractivity contribution in [3.63, 3.8) is 0 Å². The van der Waals surface area contributed by atoms with E-state index in [9.17, 15) is 14.9 Å². The standard InChI is InChI=1S/C26H22ClN3O3/c27-24-15-19(8-13-22(24)23(16-28)18-5-2-1-3-6-18)29-25(31)17-33-21-11-9-20(10-12-21)30-14-4-7-26(30)32/h1-3,5-6,8-13,15,23H,4,7,14,17H2,(H,29,31). The molecule has 166 valence electrons. The fourth-order valence-corrected chi connectivity index (χ4v) is 4.09. The van der Waals surface area contributed by atoms with Crippen molar-refractivity contribution < 1.29 is 14.3 Å². The maximum Gasteiger partial charge on any atom is 0.262 e. The third-order valence-corrected chi connectivity index (χ3v) is 5.78. The van der Waals surface area contributed by atoms with Crippen LogP contribution in [0.15, 0.2) is 72.8 Å². The van der Waals surface area contributed by atoms with Gasteiger partial charge < -0.3 is 15.0 Å². The molecule has 3 aromatic carbocycles. The lowest BCUT2D eigenvalue weighted by atomic mass is 9.92. The van der Waals surface area contributed by atoms with Crippen LogP contribution >= 0.6 is 11.6 Å². The number of anilines is 2. The predicted molar refractivity (Wildman–Crippen MR) is 128 cm³/mol. The van der Waals surface area contributed by atoms with E-state index in [4.69, 9.17) is 16.3 Å². The summed E-state index contributed by atoms with van der Waals surface area (Å²) in [6, 6.07) is 23.9. The van der Waals surface area contributed by atoms with E-state index in [0.29, 0.717) is 28.4 Å². The Kier molecular flexibility index (Phi) is 6.92. The molecule has 1 unspecified atom stereocenters. The molecule has 0 bridgehead atoms. The van der Waals surface area contributed by atoms with Crippen molar-refractivity contribution >= 4 is 34.8 Å². The summed E-state index contributed by atoms with van der Waals surface area (Å²) in [5.41, 5.74) is 2.88. The van der Waals surface area contributed by atoms with Crippen LogP contribution in [-0.2, 0) is 9.59 Å². The van der Waals surface area contributed by atoms with Gasteiger partial charge in [0.05, 0.1) is 12.0 Å². The fourth-order valence-electron chi connectivity index (χ4n) is 3.80. The Bertz CT molecular complexity index is 1190. The summed E-state index contributed by atoms with van der Waals surface area (Å²) in [6.45, 7) is 0.551. The largest absolute Gasteiger partial charge is 0.484 e. The lowest BCUT2D eigenvalue weighted by Crippen LogP contribution is -2.23. The number of ether oxygens (including phenoxy) is 1. The maximum absolute atomic E-state index is 12.3. The molecule has 7 heteroatoms. The van der Waals surface area contributed by atoms with Crippen LogP contribution in [0.25, 0.3) is 0 Å². The Labute approximate surface area is 197 Å². The Hall–Kier alpha value is -3.82. The van der Waals surface area contributed by atoms with Crippen LogP contribution in [0.3, 0.4) is 0 Å². The van der Waals surface area contributed by atoms with E-state index in [2.05, 4.69) is 11.4 Å². The molecule has 1 saturated heterocycles. The minimum Gasteiger partial charge on any atom is -0.484 e. The Morgan fingerprint density at radius 3 is 2.52 bits per heavy atom. The van der Waals surface area contributed by atoms with Crippen molar-refractivity contribution in [2.24, 2.45) is 0 Å². The second kappa shape index (κ2) is 10.2. The fraction of sp³-hybridized carbons (Fsp3) is 0.192. The van der Waals surface area contributed by atoms with E-state index >= 15 is 0 Å². The minimum absolute atomic E-state index is 0.123. The second-order valence-corrected chi connectivity index (χ2v) is 8.10. The highest BCUT2D eigenvalue weighted by Crippen LogP contribution is 2.32. The lowest BCUT2D eigenvalue weighted by molar-refractivity contribution is -0.118. The Morgan fingerprint density at radius 2 is 1.88 bits per heavy atom. The lowest BCUT2D eigenvalue weighted by Gasteiger charge is -2.16. The molecule has 1 aliphatic heterocycles. The van der Waals surface area contributed by atoms with Crippen LogP contribution in [0.1, 0.15) is 29.9 Å². The van der Waals surface area contributed by atoms with Crippen molar-refractivity contribution in [2.75, 3.05) is 23.4 Å². The number of carbonyl (C=O) groups excluding carboxylic acids is 2. The van der Waals surface area contributed by atoms with E-state index < -0.39 is 5.92 Å². The smallest absolute Gasteiger partial charge is 0.262 e. The highest BCUT2D eigenvalue weighted by atomic mass is 35.5. The van der Waals surface area contributed by atoms with Gasteiger partial charge in [-0.2, -0.15) is 5.26 Å². The van der Waals surface area contributed by atoms with Gasteiger partial charge in [-0.05, 0) is 53.9 Å². The number of amides is 2. The van der Waals surface area contributed by atoms with Gasteiger partial charge in [0.25, 0.3) is 5.91 Å². The van der Waals surface area contributed by atoms with E-state index in [-0.39, 0.29) is 18.4 Å². The molecule has 6 nitrogen and oxygen atoms in total. The molecule has 0 aliphatic carbocycles. The molecule has 1 heterocycles. The van der Waals surface area contributed by atoms with Gasteiger partial charge in [-0.1, -0.05) is 48.0 Å². The van der Waals surface area contributed by atoms with Gasteiger partial charge in [-0.25, -0.2) is 0 Å². The van der Waals surface area contributed by atoms with Gasteiger partial charge in [0.2, 0.25) is 5.91 Å². The maximum atomic E-state index is 12.3. The van der Waals surface area contributed by atoms with Crippen molar-refractivity contribution in [1.82, 2.24) is 0 Å². The highest BCUT2D eigenvalue weighted by molar-refractivity contribution is 6.31. The highest BCUT2D eigenvalue weighted by Gasteiger charge is 2.21. The number of rotatable bonds is 7. The molecule has 3 aromatic rings. The van der Waals surface area contributed by atoms with E-state index in [1.165, 1.54) is 0 Å². The number of hydrogen-bond acceptors (Lipinski definition) is 4. The van der Waals surface area contributed by atoms with Crippen LogP contribution in [0, 0.1) is 11.3 Å². The summed E-state index contributed by atoms with van der Waals surface area (Å²) in [6.07, 6.45) is 1.44. The zero-order valence-corrected chi connectivity index (χ0v) is 18.6. The third kappa shape index (κ3) is 5.33. The van der Waals surface area contributed by atoms with E-state index in [0.717, 1.165) is 24.2 Å². The first-order valence-electron chi connectivity index (χ1n) is 10.6. The van der Waals surface area contributed by atoms with Crippen molar-refractivity contribution in [3.8, 4) is 11.8 Å². The van der Waals surface area contributed by atoms with Gasteiger partial charge >= 0.3 is 0 Å². The van der Waals surface area contributed by atoms with Gasteiger partial charge in [-0.15, -0.1) is 0 Å². The topological polar surface area (TPSA) is 82.4 Å². The summed E-state index contributed by atoms with van der Waals surface area (Å²) < 4.78 is 5.56. The molecule has 1 fully saturated rings. The first-order valence-corrected chi connectivity index (χ1v) is 11.0. The van der Waals surface area contributed by atoms with Crippen molar-refractivity contribution in [1.29, 1.82) is 5.26 Å². The van der Waals surface area contributed by atoms with E-state index in [1.54, 1.807) is 35.2 Å². The van der Waals surface area contributed by atoms with Crippen molar-refractivity contribution in [2.45, 2.75) is 18.8 Å². The molecule has 4 rings (SSSR count). The summed E-state index contributed by atoms with van der Waals surface area (Å²) in [5.74, 6) is -0.172. The van der Waals surface area contributed by atoms with Crippen LogP contribution in [0.4, 0.5) is 11.4 Å². The van der Waals surface area contributed by atoms with Crippen LogP contribution in [0.2, 0.25) is 5.02 Å². The molecular formula is C26H22ClN3O3. The van der Waals surface area contributed by atoms with Gasteiger partial charge in [0, 0.05) is 29.4 Å². The van der Waals surface area contributed by atoms with Crippen molar-refractivity contribution in [3.05, 3.63) is 88.9 Å². The Morgan fingerprint density at radius 1 is 1.12 bits per heavy atom. The number of nitrogens with one attached hydrogen (secondary N) is 1. The Balaban J connectivity index is 1.34. The van der Waals surface area contributed by atoms with Gasteiger partial charge in [0.15, 0.2) is 6.61 Å². The molecule has 1 N–H and O–H groups in total. The third-order valence-electron chi connectivity index (χ3n) is 5.45. The van der Waals surface area contributed by atoms with Crippen LogP contribution in [-0.4, -0.2) is 25.0 Å². The number of nitrogens with zero attached hydrogens (tertiary/aromatic N) is 2. The molecular weight excluding hydrogens is 438 g/mol. The number of halogens is 1. The van der Waals surface area contributed by atoms with Gasteiger partial charge in [0.1, 0.15) is 5.75 Å². The summed E-state index contributed by atoms with van der Waals surface area (Å²) in [5, 5.41) is 12.8. The summed E-state index contributed by atoms with van der Waals surface area (Å²) >= 11 is 6.43. The number of carbonyl (C=O) groups is 2. The zero-order valence-electron chi connectivity index (χ0n) is 17.8. The van der Waals surface area contributed by atoms with Gasteiger partial charge in [-0.3, -0.25) is 9.59 Å². The molecule has 0 saturated carbocycles. The average molecular weight is 460 g/mol. The second-order valence-electron chi connectivity index (χ2n) is 7.69. The summed E-state index contributed by atoms with van der Waals surface area (Å²) in [4.78, 5) is 25.9. The number of nitriles is 1. The zero-order chi connectivity index (χ0) is 23.2. The number of hydrogen-bond donors (Lipinski definition) is 1. The molecule has 0 spiro atoms. The molecule has 2 amide bonds. The van der Waals surface area contributed by atoms with Crippen LogP contribution < -0.4 is 15.0 Å². The monoisotopic (exact) mass is 459 g/mol. The molecule has 0 aromatic heterocycles. The quantitative estimate of drug-likeness (QED) is 0.530. The first kappa shape index (κ1) is 22.4. The first-order chi connectivity index (χ1) is 16.0. The predicted octanol–water partition coefficient (Wildman–Crippen LogP) is 5.14. The molecule has 1 aliphatic rings. The summed E-state index contributed by atoms with van der Waals surface area (Å²) in [7, 11) is 0.